The van der Waals surface area contributed by atoms with Gasteiger partial charge in [-0.1, -0.05) is 64.3 Å². The van der Waals surface area contributed by atoms with Crippen molar-refractivity contribution < 1.29 is 84.5 Å². The minimum Gasteiger partial charge on any atom is -0.507 e. The van der Waals surface area contributed by atoms with Gasteiger partial charge < -0.3 is 65.3 Å². The average Bonchev–Trinajstić information content (AvgIpc) is 0.841. The highest BCUT2D eigenvalue weighted by atomic mass is 16.8. The smallest absolute Gasteiger partial charge is 0.207 e. The van der Waals surface area contributed by atoms with Gasteiger partial charge in [0.25, 0.3) is 0 Å². The van der Waals surface area contributed by atoms with Crippen LogP contribution in [-0.2, 0) is 16.1 Å². The van der Waals surface area contributed by atoms with Crippen molar-refractivity contribution in [2.75, 3.05) is 6.61 Å². The van der Waals surface area contributed by atoms with E-state index in [2.05, 4.69) is 24.3 Å². The molecule has 17 heteroatoms. The lowest BCUT2D eigenvalue weighted by molar-refractivity contribution is -0.157. The van der Waals surface area contributed by atoms with Crippen molar-refractivity contribution in [1.82, 2.24) is 0 Å². The van der Waals surface area contributed by atoms with Crippen LogP contribution in [0.25, 0.3) is 21.5 Å². The molecule has 1 saturated heterocycles. The number of allylic oxidation sites excluding steroid dienone is 9. The Morgan fingerprint density at radius 3 is 1.52 bits per heavy atom. The molecule has 0 aromatic heterocycles. The summed E-state index contributed by atoms with van der Waals surface area (Å²) in [6, 6.07) is 2.35. The van der Waals surface area contributed by atoms with Gasteiger partial charge in [0.05, 0.1) is 52.3 Å². The summed E-state index contributed by atoms with van der Waals surface area (Å²) in [4.78, 5) is 58.6. The zero-order chi connectivity index (χ0) is 66.9. The van der Waals surface area contributed by atoms with E-state index in [0.717, 1.165) is 65.2 Å². The van der Waals surface area contributed by atoms with Gasteiger partial charge in [-0.25, -0.2) is 0 Å². The molecule has 4 aromatic rings. The molecule has 0 spiro atoms. The molecule has 90 heavy (non-hydrogen) atoms. The Morgan fingerprint density at radius 2 is 1.03 bits per heavy atom. The average molecular weight is 1240 g/mol. The highest BCUT2D eigenvalue weighted by Gasteiger charge is 2.54. The van der Waals surface area contributed by atoms with Crippen molar-refractivity contribution in [3.8, 4) is 34.5 Å². The predicted octanol–water partition coefficient (Wildman–Crippen LogP) is 13.4. The van der Waals surface area contributed by atoms with E-state index >= 15 is 4.79 Å². The van der Waals surface area contributed by atoms with E-state index in [4.69, 9.17) is 14.2 Å². The highest BCUT2D eigenvalue weighted by molar-refractivity contribution is 6.37. The summed E-state index contributed by atoms with van der Waals surface area (Å²) in [5.74, 6) is -8.52. The van der Waals surface area contributed by atoms with Crippen LogP contribution in [0.3, 0.4) is 0 Å². The summed E-state index contributed by atoms with van der Waals surface area (Å²) in [6.45, 7) is 24.2. The Labute approximate surface area is 528 Å². The third-order valence-electron chi connectivity index (χ3n) is 18.3. The van der Waals surface area contributed by atoms with E-state index < -0.39 is 122 Å². The zero-order valence-corrected chi connectivity index (χ0v) is 54.9. The maximum atomic E-state index is 15.0. The SMILES string of the molecule is C/C(=C\CC/C(C)=C/C[C@]1(O)C(=O)c2c(O)cc(COc3c(C)c(O)c4c(C)cc(O)c5c4c3C(=O)[C@](O)(C/C=C(\C)CC/C=C(\C)CC/C=C(\C)CC[C@@H](O)C(C)(C)O)C5=O)c3c(O)c(C)c(O)c(c23)C1=O)CC/C=C(\CO)CCC1OC(C)(C)OC1(C)C. The highest BCUT2D eigenvalue weighted by Crippen LogP contribution is 2.53. The van der Waals surface area contributed by atoms with Gasteiger partial charge in [-0.15, -0.1) is 0 Å². The first-order valence-electron chi connectivity index (χ1n) is 31.3. The Balaban J connectivity index is 1.09. The maximum Gasteiger partial charge on any atom is 0.207 e. The summed E-state index contributed by atoms with van der Waals surface area (Å²) in [5.41, 5.74) is -3.12. The minimum atomic E-state index is -2.78. The normalized spacial score (nSPS) is 21.2. The van der Waals surface area contributed by atoms with Crippen molar-refractivity contribution in [1.29, 1.82) is 0 Å². The van der Waals surface area contributed by atoms with Crippen LogP contribution in [0.2, 0.25) is 0 Å². The number of rotatable bonds is 27. The molecule has 3 aliphatic rings. The number of hydrogen-bond donors (Lipinski definition) is 10. The second-order valence-corrected chi connectivity index (χ2v) is 27.0. The van der Waals surface area contributed by atoms with Crippen LogP contribution >= 0.6 is 0 Å². The Bertz CT molecular complexity index is 3710. The van der Waals surface area contributed by atoms with Crippen LogP contribution in [0.15, 0.2) is 82.0 Å². The second kappa shape index (κ2) is 27.5. The molecule has 4 aromatic carbocycles. The number of carbonyl (C=O) groups excluding carboxylic acids is 4. The third-order valence-corrected chi connectivity index (χ3v) is 18.3. The molecule has 1 heterocycles. The number of aliphatic hydroxyl groups excluding tert-OH is 2. The number of phenols is 5. The van der Waals surface area contributed by atoms with E-state index in [1.807, 2.05) is 55.4 Å². The number of aromatic hydroxyl groups is 5. The molecule has 0 amide bonds. The topological polar surface area (TPSA) is 298 Å². The Kier molecular flexibility index (Phi) is 21.5. The first-order chi connectivity index (χ1) is 41.9. The summed E-state index contributed by atoms with van der Waals surface area (Å²) >= 11 is 0. The first-order valence-corrected chi connectivity index (χ1v) is 31.3. The summed E-state index contributed by atoms with van der Waals surface area (Å²) < 4.78 is 18.6. The number of aryl methyl sites for hydroxylation is 1. The van der Waals surface area contributed by atoms with Gasteiger partial charge in [-0.05, 0) is 197 Å². The molecule has 2 aliphatic carbocycles. The van der Waals surface area contributed by atoms with Gasteiger partial charge in [0.1, 0.15) is 41.1 Å². The van der Waals surface area contributed by atoms with Crippen molar-refractivity contribution in [2.24, 2.45) is 0 Å². The number of carbonyl (C=O) groups is 4. The van der Waals surface area contributed by atoms with Gasteiger partial charge in [0, 0.05) is 51.1 Å². The van der Waals surface area contributed by atoms with Crippen LogP contribution in [0.4, 0.5) is 0 Å². The van der Waals surface area contributed by atoms with Gasteiger partial charge in [0.2, 0.25) is 23.1 Å². The molecular formula is C73H94O17. The monoisotopic (exact) mass is 1240 g/mol. The lowest BCUT2D eigenvalue weighted by atomic mass is 9.72. The quantitative estimate of drug-likeness (QED) is 0.0196. The minimum absolute atomic E-state index is 0.00617. The molecule has 4 atom stereocenters. The van der Waals surface area contributed by atoms with Crippen molar-refractivity contribution in [3.63, 3.8) is 0 Å². The summed E-state index contributed by atoms with van der Waals surface area (Å²) in [6.07, 6.45) is 17.4. The zero-order valence-electron chi connectivity index (χ0n) is 54.9. The number of benzene rings is 4. The Hall–Kier alpha value is -6.96. The van der Waals surface area contributed by atoms with E-state index in [9.17, 15) is 65.4 Å². The molecule has 10 N–H and O–H groups in total. The van der Waals surface area contributed by atoms with Crippen molar-refractivity contribution in [3.05, 3.63) is 127 Å². The third kappa shape index (κ3) is 14.5. The largest absolute Gasteiger partial charge is 0.507 e. The molecule has 1 unspecified atom stereocenters. The number of phenolic OH excluding ortho intramolecular Hbond substituents is 5. The van der Waals surface area contributed by atoms with E-state index in [0.29, 0.717) is 56.9 Å². The van der Waals surface area contributed by atoms with Crippen LogP contribution < -0.4 is 4.74 Å². The molecule has 17 nitrogen and oxygen atoms in total. The first kappa shape index (κ1) is 70.5. The van der Waals surface area contributed by atoms with Gasteiger partial charge >= 0.3 is 0 Å². The van der Waals surface area contributed by atoms with E-state index in [1.54, 1.807) is 39.8 Å². The number of Topliss-reactive ketones (excluding diaryl/α,β-unsaturated/α-hetero) is 4. The summed E-state index contributed by atoms with van der Waals surface area (Å²) in [7, 11) is 0. The van der Waals surface area contributed by atoms with Crippen LogP contribution in [0.1, 0.15) is 230 Å². The van der Waals surface area contributed by atoms with Gasteiger partial charge in [0.15, 0.2) is 17.0 Å². The van der Waals surface area contributed by atoms with Gasteiger partial charge in [-0.3, -0.25) is 19.2 Å². The standard InChI is InChI=1S/C73H94O17/c1-39(19-15-22-41(3)27-29-51(77)69(9,10)85)20-16-23-43(5)32-34-73(87)65(81)55-49(75)35-44(6)53-57(55)60(68(73)84)64(46(8)63(53)80)88-38-48-36-50(76)56-58-54(48)61(78)45(7)62(79)59(58)67(83)72(86,66(56)82)33-31-42(4)24-17-21-40(2)25-18-26-47(37-74)28-30-52-70(11,12)90-71(13,14)89-52/h20-22,26,31-32,35-36,51-52,74-80,85-87H,15-19,23-25,27-30,33-34,37-38H2,1-14H3/b39-20+,40-21+,41-22+,42-31+,43-32+,47-26-/t51-,52?,72+,73+/m1/s1. The van der Waals surface area contributed by atoms with Crippen LogP contribution in [0, 0.1) is 20.8 Å². The number of ether oxygens (including phenoxy) is 3. The Morgan fingerprint density at radius 1 is 0.589 bits per heavy atom. The predicted molar refractivity (Wildman–Crippen MR) is 347 cm³/mol. The lowest BCUT2D eigenvalue weighted by Gasteiger charge is -2.33. The molecular weight excluding hydrogens is 1150 g/mol. The van der Waals surface area contributed by atoms with Crippen LogP contribution in [0.5, 0.6) is 34.5 Å². The van der Waals surface area contributed by atoms with E-state index in [1.165, 1.54) is 19.9 Å². The fourth-order valence-electron chi connectivity index (χ4n) is 12.7. The van der Waals surface area contributed by atoms with Crippen molar-refractivity contribution in [2.45, 2.75) is 234 Å². The molecule has 488 valence electrons. The molecule has 0 radical (unpaired) electrons. The number of hydrogen-bond acceptors (Lipinski definition) is 17. The molecule has 7 rings (SSSR count). The number of ketones is 4. The van der Waals surface area contributed by atoms with E-state index in [-0.39, 0.29) is 62.3 Å². The maximum absolute atomic E-state index is 15.0. The second-order valence-electron chi connectivity index (χ2n) is 27.0. The molecule has 1 fully saturated rings. The fraction of sp³-hybridized carbons (Fsp3) is 0.507. The molecule has 0 saturated carbocycles. The van der Waals surface area contributed by atoms with Crippen LogP contribution in [-0.4, -0.2) is 121 Å². The molecule has 0 bridgehead atoms. The van der Waals surface area contributed by atoms with Gasteiger partial charge in [-0.2, -0.15) is 0 Å². The summed E-state index contributed by atoms with van der Waals surface area (Å²) in [5, 5.41) is 113. The lowest BCUT2D eigenvalue weighted by Crippen LogP contribution is -2.49. The van der Waals surface area contributed by atoms with Crippen molar-refractivity contribution >= 4 is 44.7 Å². The number of aliphatic hydroxyl groups is 5. The fourth-order valence-corrected chi connectivity index (χ4v) is 12.7. The molecule has 1 aliphatic heterocycles.